The molecule has 80 valence electrons. The zero-order valence-electron chi connectivity index (χ0n) is 9.16. The van der Waals surface area contributed by atoms with Crippen LogP contribution in [0.1, 0.15) is 27.7 Å². The molecule has 0 spiro atoms. The Morgan fingerprint density at radius 3 is 1.57 bits per heavy atom. The number of rotatable bonds is 1. The van der Waals surface area contributed by atoms with E-state index in [0.717, 1.165) is 0 Å². The van der Waals surface area contributed by atoms with Crippen LogP contribution in [0.15, 0.2) is 24.3 Å². The summed E-state index contributed by atoms with van der Waals surface area (Å²) in [4.78, 5) is 0. The maximum Gasteiger partial charge on any atom is 0.488 e. The Balaban J connectivity index is 0. The Kier molecular flexibility index (Phi) is 11.4. The molecule has 1 aromatic carbocycles. The highest BCUT2D eigenvalue weighted by atomic mass is 19.1. The van der Waals surface area contributed by atoms with Crippen LogP contribution in [0, 0.1) is 5.82 Å². The van der Waals surface area contributed by atoms with Gasteiger partial charge in [0.05, 0.1) is 0 Å². The van der Waals surface area contributed by atoms with Crippen molar-refractivity contribution in [2.24, 2.45) is 0 Å². The van der Waals surface area contributed by atoms with Crippen LogP contribution in [0.2, 0.25) is 0 Å². The lowest BCUT2D eigenvalue weighted by Crippen LogP contribution is -2.29. The number of hydrogen-bond acceptors (Lipinski definition) is 2. The van der Waals surface area contributed by atoms with Crippen molar-refractivity contribution < 1.29 is 14.4 Å². The van der Waals surface area contributed by atoms with E-state index in [0.29, 0.717) is 5.46 Å². The van der Waals surface area contributed by atoms with Gasteiger partial charge in [-0.3, -0.25) is 0 Å². The molecule has 1 aromatic rings. The van der Waals surface area contributed by atoms with Gasteiger partial charge in [0.15, 0.2) is 0 Å². The molecule has 4 heteroatoms. The van der Waals surface area contributed by atoms with E-state index in [-0.39, 0.29) is 5.82 Å². The summed E-state index contributed by atoms with van der Waals surface area (Å²) in [6.07, 6.45) is 0. The van der Waals surface area contributed by atoms with Gasteiger partial charge in [0.25, 0.3) is 0 Å². The molecule has 0 radical (unpaired) electrons. The third-order valence-corrected chi connectivity index (χ3v) is 1.17. The van der Waals surface area contributed by atoms with Crippen LogP contribution < -0.4 is 5.46 Å². The van der Waals surface area contributed by atoms with Crippen molar-refractivity contribution in [3.05, 3.63) is 30.1 Å². The van der Waals surface area contributed by atoms with E-state index < -0.39 is 7.12 Å². The Morgan fingerprint density at radius 1 is 0.929 bits per heavy atom. The molecule has 0 heterocycles. The summed E-state index contributed by atoms with van der Waals surface area (Å²) < 4.78 is 12.2. The molecule has 1 rings (SSSR count). The molecule has 2 N–H and O–H groups in total. The van der Waals surface area contributed by atoms with E-state index in [2.05, 4.69) is 0 Å². The van der Waals surface area contributed by atoms with Crippen molar-refractivity contribution in [2.75, 3.05) is 0 Å². The molecule has 0 amide bonds. The average Bonchev–Trinajstić information content (AvgIpc) is 2.24. The average molecular weight is 200 g/mol. The molecule has 0 saturated carbocycles. The van der Waals surface area contributed by atoms with Crippen molar-refractivity contribution in [3.63, 3.8) is 0 Å². The van der Waals surface area contributed by atoms with Crippen molar-refractivity contribution in [2.45, 2.75) is 27.7 Å². The molecule has 0 aliphatic rings. The van der Waals surface area contributed by atoms with Gasteiger partial charge in [0.1, 0.15) is 5.82 Å². The van der Waals surface area contributed by atoms with Gasteiger partial charge in [-0.25, -0.2) is 4.39 Å². The third-order valence-electron chi connectivity index (χ3n) is 1.17. The van der Waals surface area contributed by atoms with Gasteiger partial charge in [-0.2, -0.15) is 0 Å². The maximum atomic E-state index is 12.2. The van der Waals surface area contributed by atoms with Crippen LogP contribution in [0.4, 0.5) is 4.39 Å². The quantitative estimate of drug-likeness (QED) is 0.675. The highest BCUT2D eigenvalue weighted by molar-refractivity contribution is 6.58. The number of halogens is 1. The Bertz CT molecular complexity index is 212. The van der Waals surface area contributed by atoms with Crippen LogP contribution in [-0.2, 0) is 0 Å². The van der Waals surface area contributed by atoms with E-state index in [4.69, 9.17) is 10.0 Å². The first kappa shape index (κ1) is 15.6. The minimum absolute atomic E-state index is 0.293. The summed E-state index contributed by atoms with van der Waals surface area (Å²) in [6, 6.07) is 4.99. The molecule has 0 atom stereocenters. The molecular weight excluding hydrogens is 182 g/mol. The molecule has 0 aromatic heterocycles. The molecule has 0 bridgehead atoms. The molecule has 2 nitrogen and oxygen atoms in total. The van der Waals surface area contributed by atoms with Gasteiger partial charge in [-0.15, -0.1) is 0 Å². The lowest BCUT2D eigenvalue weighted by molar-refractivity contribution is 0.425. The fraction of sp³-hybridized carbons (Fsp3) is 0.400. The number of hydrogen-bond donors (Lipinski definition) is 2. The number of benzene rings is 1. The third kappa shape index (κ3) is 6.63. The maximum absolute atomic E-state index is 12.2. The molecule has 0 fully saturated rings. The summed E-state index contributed by atoms with van der Waals surface area (Å²) in [5.74, 6) is -0.385. The van der Waals surface area contributed by atoms with E-state index in [1.54, 1.807) is 0 Å². The van der Waals surface area contributed by atoms with Crippen molar-refractivity contribution in [1.29, 1.82) is 0 Å². The highest BCUT2D eigenvalue weighted by Gasteiger charge is 2.08. The normalized spacial score (nSPS) is 7.64. The molecular formula is C10H18BFO2. The molecule has 0 aliphatic heterocycles. The van der Waals surface area contributed by atoms with Crippen molar-refractivity contribution in [1.82, 2.24) is 0 Å². The fourth-order valence-corrected chi connectivity index (χ4v) is 0.635. The van der Waals surface area contributed by atoms with E-state index in [1.807, 2.05) is 27.7 Å². The Labute approximate surface area is 85.5 Å². The summed E-state index contributed by atoms with van der Waals surface area (Å²) in [5, 5.41) is 17.1. The van der Waals surface area contributed by atoms with E-state index >= 15 is 0 Å². The Hall–Kier alpha value is -0.865. The fourth-order valence-electron chi connectivity index (χ4n) is 0.635. The second-order valence-corrected chi connectivity index (χ2v) is 1.93. The van der Waals surface area contributed by atoms with Gasteiger partial charge in [-0.05, 0) is 17.6 Å². The van der Waals surface area contributed by atoms with Crippen molar-refractivity contribution >= 4 is 12.6 Å². The molecule has 0 unspecified atom stereocenters. The molecule has 0 saturated heterocycles. The molecule has 0 aliphatic carbocycles. The van der Waals surface area contributed by atoms with Crippen LogP contribution in [0.5, 0.6) is 0 Å². The van der Waals surface area contributed by atoms with Gasteiger partial charge in [-0.1, -0.05) is 39.8 Å². The monoisotopic (exact) mass is 200 g/mol. The first-order valence-corrected chi connectivity index (χ1v) is 4.82. The summed E-state index contributed by atoms with van der Waals surface area (Å²) in [5.41, 5.74) is 0.293. The molecule has 14 heavy (non-hydrogen) atoms. The smallest absolute Gasteiger partial charge is 0.423 e. The van der Waals surface area contributed by atoms with Crippen LogP contribution in [0.3, 0.4) is 0 Å². The summed E-state index contributed by atoms with van der Waals surface area (Å²) in [6.45, 7) is 8.00. The highest BCUT2D eigenvalue weighted by Crippen LogP contribution is 1.92. The van der Waals surface area contributed by atoms with E-state index in [1.165, 1.54) is 24.3 Å². The van der Waals surface area contributed by atoms with E-state index in [9.17, 15) is 4.39 Å². The summed E-state index contributed by atoms with van der Waals surface area (Å²) in [7, 11) is -1.51. The SMILES string of the molecule is CC.CC.OB(O)c1ccc(F)cc1. The van der Waals surface area contributed by atoms with Crippen molar-refractivity contribution in [3.8, 4) is 0 Å². The topological polar surface area (TPSA) is 40.5 Å². The van der Waals surface area contributed by atoms with Gasteiger partial charge >= 0.3 is 7.12 Å². The van der Waals surface area contributed by atoms with Gasteiger partial charge in [0, 0.05) is 0 Å². The minimum atomic E-state index is -1.51. The second kappa shape index (κ2) is 10.2. The summed E-state index contributed by atoms with van der Waals surface area (Å²) >= 11 is 0. The van der Waals surface area contributed by atoms with Gasteiger partial charge < -0.3 is 10.0 Å². The van der Waals surface area contributed by atoms with Crippen LogP contribution >= 0.6 is 0 Å². The lowest BCUT2D eigenvalue weighted by Gasteiger charge is -1.95. The predicted octanol–water partition coefficient (Wildman–Crippen LogP) is 1.56. The largest absolute Gasteiger partial charge is 0.488 e. The first-order chi connectivity index (χ1) is 6.70. The minimum Gasteiger partial charge on any atom is -0.423 e. The van der Waals surface area contributed by atoms with Crippen LogP contribution in [0.25, 0.3) is 0 Å². The van der Waals surface area contributed by atoms with Gasteiger partial charge in [0.2, 0.25) is 0 Å². The lowest BCUT2D eigenvalue weighted by atomic mass is 9.80. The van der Waals surface area contributed by atoms with Crippen LogP contribution in [-0.4, -0.2) is 17.2 Å². The zero-order valence-corrected chi connectivity index (χ0v) is 9.16. The Morgan fingerprint density at radius 2 is 1.29 bits per heavy atom. The predicted molar refractivity (Wildman–Crippen MR) is 58.9 cm³/mol. The second-order valence-electron chi connectivity index (χ2n) is 1.93. The first-order valence-electron chi connectivity index (χ1n) is 4.82. The zero-order chi connectivity index (χ0) is 11.6. The standard InChI is InChI=1S/C6H6BFO2.2C2H6/c8-6-3-1-5(2-4-6)7(9)10;2*1-2/h1-4,9-10H;2*1-2H3.